The molecule has 1 aliphatic heterocycles. The van der Waals surface area contributed by atoms with Crippen LogP contribution in [-0.4, -0.2) is 52.6 Å². The third-order valence-electron chi connectivity index (χ3n) is 6.71. The summed E-state index contributed by atoms with van der Waals surface area (Å²) < 4.78 is 67.8. The summed E-state index contributed by atoms with van der Waals surface area (Å²) in [5.41, 5.74) is -0.136. The van der Waals surface area contributed by atoms with Crippen LogP contribution in [0.1, 0.15) is 40.9 Å². The minimum absolute atomic E-state index is 0.0752. The molecular weight excluding hydrogens is 618 g/mol. The summed E-state index contributed by atoms with van der Waals surface area (Å²) in [6, 6.07) is 8.88. The zero-order valence-corrected chi connectivity index (χ0v) is 24.1. The van der Waals surface area contributed by atoms with Crippen LogP contribution in [0.5, 0.6) is 0 Å². The summed E-state index contributed by atoms with van der Waals surface area (Å²) in [6.45, 7) is 0.677. The number of benzene rings is 2. The van der Waals surface area contributed by atoms with Gasteiger partial charge in [0.05, 0.1) is 34.5 Å². The number of sulfonamides is 1. The molecule has 0 atom stereocenters. The van der Waals surface area contributed by atoms with Crippen molar-refractivity contribution in [3.63, 3.8) is 0 Å². The van der Waals surface area contributed by atoms with Crippen LogP contribution in [0.4, 0.5) is 18.9 Å². The van der Waals surface area contributed by atoms with Crippen LogP contribution in [0.25, 0.3) is 11.3 Å². The number of nitrogens with one attached hydrogen (secondary N) is 3. The number of carbonyl (C=O) groups excluding carboxylic acids is 1. The number of amides is 1. The van der Waals surface area contributed by atoms with Gasteiger partial charge in [0.2, 0.25) is 0 Å². The molecule has 42 heavy (non-hydrogen) atoms. The minimum Gasteiger partial charge on any atom is -0.335 e. The molecule has 3 heterocycles. The molecule has 0 saturated carbocycles. The summed E-state index contributed by atoms with van der Waals surface area (Å²) in [7, 11) is -4.09. The van der Waals surface area contributed by atoms with E-state index in [0.29, 0.717) is 23.8 Å². The number of piperidine rings is 1. The van der Waals surface area contributed by atoms with Gasteiger partial charge in [0, 0.05) is 35.8 Å². The van der Waals surface area contributed by atoms with Gasteiger partial charge in [-0.25, -0.2) is 28.1 Å². The third kappa shape index (κ3) is 6.32. The number of nitrogens with zero attached hydrogens (tertiary/aromatic N) is 4. The van der Waals surface area contributed by atoms with E-state index in [9.17, 15) is 26.4 Å². The Morgan fingerprint density at radius 3 is 2.40 bits per heavy atom. The first-order valence-electron chi connectivity index (χ1n) is 12.7. The number of aromatic amines is 2. The van der Waals surface area contributed by atoms with Crippen molar-refractivity contribution in [3.05, 3.63) is 81.9 Å². The van der Waals surface area contributed by atoms with E-state index in [1.54, 1.807) is 12.1 Å². The van der Waals surface area contributed by atoms with Gasteiger partial charge in [-0.3, -0.25) is 9.89 Å². The molecule has 10 nitrogen and oxygen atoms in total. The molecule has 4 aromatic rings. The highest BCUT2D eigenvalue weighted by Crippen LogP contribution is 2.35. The lowest BCUT2D eigenvalue weighted by Crippen LogP contribution is -2.49. The van der Waals surface area contributed by atoms with Crippen LogP contribution < -0.4 is 9.73 Å². The van der Waals surface area contributed by atoms with Gasteiger partial charge >= 0.3 is 6.18 Å². The van der Waals surface area contributed by atoms with Crippen molar-refractivity contribution in [2.45, 2.75) is 37.0 Å². The van der Waals surface area contributed by atoms with E-state index >= 15 is 0 Å². The zero-order chi connectivity index (χ0) is 30.1. The molecule has 1 fully saturated rings. The molecule has 1 aliphatic rings. The Balaban J connectivity index is 1.59. The quantitative estimate of drug-likeness (QED) is 0.228. The zero-order valence-electron chi connectivity index (χ0n) is 21.8. The SMILES string of the molecule is O=C(c1[nH]nc(-c2ccc(C(F)(F)F)cc2)c1CNS(=O)(=O)c1cnc[nH]1)N(c1ccc(Cl)cc1Cl)N1CCCCC1. The van der Waals surface area contributed by atoms with E-state index in [1.165, 1.54) is 29.5 Å². The average molecular weight is 642 g/mol. The van der Waals surface area contributed by atoms with Crippen molar-refractivity contribution >= 4 is 44.8 Å². The standard InChI is InChI=1S/C26H24Cl2F3N7O3S/c27-18-8-9-21(20(28)12-18)38(37-10-2-1-3-11-37)25(39)24-19(13-34-42(40,41)22-14-32-15-33-22)23(35-36-24)16-4-6-17(7-5-16)26(29,30)31/h4-9,12,14-15,34H,1-3,10-11,13H2,(H,32,33)(H,35,36). The first kappa shape index (κ1) is 30.0. The Labute approximate surface area is 248 Å². The van der Waals surface area contributed by atoms with E-state index in [4.69, 9.17) is 23.2 Å². The van der Waals surface area contributed by atoms with Crippen LogP contribution in [0.3, 0.4) is 0 Å². The topological polar surface area (TPSA) is 127 Å². The maximum atomic E-state index is 14.3. The Hall–Kier alpha value is -3.43. The Morgan fingerprint density at radius 2 is 1.79 bits per heavy atom. The van der Waals surface area contributed by atoms with Gasteiger partial charge in [-0.1, -0.05) is 41.8 Å². The number of hydrogen-bond acceptors (Lipinski definition) is 6. The molecule has 0 radical (unpaired) electrons. The number of hydrogen-bond donors (Lipinski definition) is 3. The van der Waals surface area contributed by atoms with Crippen LogP contribution in [0.2, 0.25) is 10.0 Å². The second-order valence-corrected chi connectivity index (χ2v) is 12.0. The van der Waals surface area contributed by atoms with Crippen LogP contribution in [0.15, 0.2) is 60.0 Å². The second kappa shape index (κ2) is 12.1. The Kier molecular flexibility index (Phi) is 8.62. The highest BCUT2D eigenvalue weighted by atomic mass is 35.5. The molecule has 0 spiro atoms. The van der Waals surface area contributed by atoms with Crippen molar-refractivity contribution in [3.8, 4) is 11.3 Å². The fourth-order valence-corrected chi connectivity index (χ4v) is 6.02. The molecule has 1 saturated heterocycles. The van der Waals surface area contributed by atoms with Gasteiger partial charge in [0.1, 0.15) is 5.69 Å². The lowest BCUT2D eigenvalue weighted by Gasteiger charge is -2.37. The number of imidazole rings is 1. The first-order valence-corrected chi connectivity index (χ1v) is 15.0. The molecule has 3 N–H and O–H groups in total. The van der Waals surface area contributed by atoms with Gasteiger partial charge in [-0.15, -0.1) is 0 Å². The largest absolute Gasteiger partial charge is 0.416 e. The Morgan fingerprint density at radius 1 is 1.07 bits per heavy atom. The number of H-pyrrole nitrogens is 2. The fraction of sp³-hybridized carbons (Fsp3) is 0.269. The second-order valence-electron chi connectivity index (χ2n) is 9.47. The molecule has 0 aliphatic carbocycles. The molecule has 0 bridgehead atoms. The molecule has 16 heteroatoms. The average Bonchev–Trinajstić information content (AvgIpc) is 3.65. The van der Waals surface area contributed by atoms with Gasteiger partial charge in [0.15, 0.2) is 5.03 Å². The molecule has 2 aromatic heterocycles. The summed E-state index contributed by atoms with van der Waals surface area (Å²) in [6.07, 6.45) is 0.385. The molecule has 222 valence electrons. The number of alkyl halides is 3. The van der Waals surface area contributed by atoms with E-state index in [2.05, 4.69) is 24.9 Å². The fourth-order valence-electron chi connectivity index (χ4n) is 4.63. The van der Waals surface area contributed by atoms with Crippen molar-refractivity contribution < 1.29 is 26.4 Å². The van der Waals surface area contributed by atoms with E-state index in [0.717, 1.165) is 37.6 Å². The summed E-state index contributed by atoms with van der Waals surface area (Å²) in [4.78, 5) is 20.5. The maximum Gasteiger partial charge on any atom is 0.416 e. The summed E-state index contributed by atoms with van der Waals surface area (Å²) in [5.74, 6) is -0.595. The first-order chi connectivity index (χ1) is 20.0. The number of anilines is 1. The summed E-state index contributed by atoms with van der Waals surface area (Å²) >= 11 is 12.6. The number of carbonyl (C=O) groups is 1. The minimum atomic E-state index is -4.55. The highest BCUT2D eigenvalue weighted by molar-refractivity contribution is 7.89. The van der Waals surface area contributed by atoms with Crippen LogP contribution in [0, 0.1) is 0 Å². The number of rotatable bonds is 8. The smallest absolute Gasteiger partial charge is 0.335 e. The van der Waals surface area contributed by atoms with E-state index in [1.807, 2.05) is 5.01 Å². The molecule has 5 rings (SSSR count). The van der Waals surface area contributed by atoms with Gasteiger partial charge in [-0.05, 0) is 43.2 Å². The molecule has 2 aromatic carbocycles. The molecule has 1 amide bonds. The Bertz CT molecular complexity index is 1670. The molecule has 0 unspecified atom stereocenters. The lowest BCUT2D eigenvalue weighted by atomic mass is 10.0. The summed E-state index contributed by atoms with van der Waals surface area (Å²) in [5, 5.41) is 10.5. The van der Waals surface area contributed by atoms with Crippen molar-refractivity contribution in [1.82, 2.24) is 29.9 Å². The van der Waals surface area contributed by atoms with E-state index < -0.39 is 34.2 Å². The van der Waals surface area contributed by atoms with Gasteiger partial charge < -0.3 is 4.98 Å². The van der Waals surface area contributed by atoms with Gasteiger partial charge in [-0.2, -0.15) is 18.3 Å². The number of halogens is 5. The van der Waals surface area contributed by atoms with E-state index in [-0.39, 0.29) is 32.6 Å². The lowest BCUT2D eigenvalue weighted by molar-refractivity contribution is -0.137. The predicted molar refractivity (Wildman–Crippen MR) is 150 cm³/mol. The van der Waals surface area contributed by atoms with Crippen LogP contribution >= 0.6 is 23.2 Å². The highest BCUT2D eigenvalue weighted by Gasteiger charge is 2.33. The van der Waals surface area contributed by atoms with Crippen molar-refractivity contribution in [2.24, 2.45) is 0 Å². The van der Waals surface area contributed by atoms with Crippen molar-refractivity contribution in [2.75, 3.05) is 18.1 Å². The van der Waals surface area contributed by atoms with Crippen LogP contribution in [-0.2, 0) is 22.7 Å². The molecular formula is C26H24Cl2F3N7O3S. The number of aromatic nitrogens is 4. The maximum absolute atomic E-state index is 14.3. The predicted octanol–water partition coefficient (Wildman–Crippen LogP) is 5.65. The third-order valence-corrected chi connectivity index (χ3v) is 8.58. The number of hydrazine groups is 1. The normalized spacial score (nSPS) is 14.7. The van der Waals surface area contributed by atoms with Crippen molar-refractivity contribution in [1.29, 1.82) is 0 Å². The monoisotopic (exact) mass is 641 g/mol. The van der Waals surface area contributed by atoms with Gasteiger partial charge in [0.25, 0.3) is 15.9 Å².